The highest BCUT2D eigenvalue weighted by atomic mass is 32.2. The summed E-state index contributed by atoms with van der Waals surface area (Å²) in [6.45, 7) is 1.28. The third-order valence-corrected chi connectivity index (χ3v) is 5.56. The highest BCUT2D eigenvalue weighted by Gasteiger charge is 2.29. The minimum absolute atomic E-state index is 0.254. The van der Waals surface area contributed by atoms with E-state index in [0.29, 0.717) is 6.07 Å². The number of rotatable bonds is 7. The Labute approximate surface area is 125 Å². The molecular formula is C11H15FN2O5S2. The van der Waals surface area contributed by atoms with Crippen molar-refractivity contribution in [3.05, 3.63) is 34.1 Å². The number of nitrogens with zero attached hydrogens (tertiary/aromatic N) is 1. The van der Waals surface area contributed by atoms with Crippen LogP contribution in [0.3, 0.4) is 0 Å². The van der Waals surface area contributed by atoms with Gasteiger partial charge in [0.15, 0.2) is 4.90 Å². The van der Waals surface area contributed by atoms with E-state index in [1.165, 1.54) is 18.7 Å². The van der Waals surface area contributed by atoms with Crippen molar-refractivity contribution in [2.24, 2.45) is 0 Å². The van der Waals surface area contributed by atoms with Crippen molar-refractivity contribution in [1.29, 1.82) is 0 Å². The van der Waals surface area contributed by atoms with Crippen LogP contribution in [-0.4, -0.2) is 42.6 Å². The fourth-order valence-corrected chi connectivity index (χ4v) is 3.83. The summed E-state index contributed by atoms with van der Waals surface area (Å²) in [5.41, 5.74) is -0.834. The number of hydrogen-bond acceptors (Lipinski definition) is 6. The van der Waals surface area contributed by atoms with Crippen molar-refractivity contribution >= 4 is 27.5 Å². The summed E-state index contributed by atoms with van der Waals surface area (Å²) in [4.78, 5) is 9.28. The Hall–Kier alpha value is -1.23. The van der Waals surface area contributed by atoms with Crippen LogP contribution >= 0.6 is 11.8 Å². The van der Waals surface area contributed by atoms with Crippen LogP contribution in [0.4, 0.5) is 10.1 Å². The number of nitro groups is 1. The molecule has 2 atom stereocenters. The lowest BCUT2D eigenvalue weighted by atomic mass is 10.3. The van der Waals surface area contributed by atoms with Gasteiger partial charge in [-0.3, -0.25) is 10.1 Å². The van der Waals surface area contributed by atoms with Crippen LogP contribution in [0, 0.1) is 15.9 Å². The molecule has 0 aliphatic rings. The minimum atomic E-state index is -4.20. The Bertz CT molecular complexity index is 619. The van der Waals surface area contributed by atoms with E-state index in [0.717, 1.165) is 12.1 Å². The summed E-state index contributed by atoms with van der Waals surface area (Å²) in [5.74, 6) is -0.897. The molecule has 118 valence electrons. The number of aliphatic hydroxyl groups is 1. The molecule has 1 rings (SSSR count). The maximum atomic E-state index is 13.0. The first-order valence-corrected chi connectivity index (χ1v) is 8.60. The maximum absolute atomic E-state index is 13.0. The standard InChI is InChI=1S/C11H15FN2O5S2/c1-7(10(6-15)20-2)13-21(18,19)11-4-3-8(12)5-9(11)14(16)17/h3-5,7,10,13,15H,6H2,1-2H3. The van der Waals surface area contributed by atoms with Gasteiger partial charge in [-0.25, -0.2) is 17.5 Å². The van der Waals surface area contributed by atoms with E-state index in [2.05, 4.69) is 4.72 Å². The van der Waals surface area contributed by atoms with Crippen molar-refractivity contribution in [1.82, 2.24) is 4.72 Å². The van der Waals surface area contributed by atoms with Gasteiger partial charge in [-0.15, -0.1) is 0 Å². The molecule has 0 aliphatic carbocycles. The predicted molar refractivity (Wildman–Crippen MR) is 77.2 cm³/mol. The number of halogens is 1. The summed E-state index contributed by atoms with van der Waals surface area (Å²) in [7, 11) is -4.20. The highest BCUT2D eigenvalue weighted by molar-refractivity contribution is 7.99. The Kier molecular flexibility index (Phi) is 6.08. The van der Waals surface area contributed by atoms with Crippen LogP contribution in [0.1, 0.15) is 6.92 Å². The van der Waals surface area contributed by atoms with Crippen molar-refractivity contribution < 1.29 is 22.8 Å². The molecule has 0 fully saturated rings. The van der Waals surface area contributed by atoms with E-state index in [9.17, 15) is 22.9 Å². The number of sulfonamides is 1. The van der Waals surface area contributed by atoms with Crippen molar-refractivity contribution in [2.75, 3.05) is 12.9 Å². The lowest BCUT2D eigenvalue weighted by Gasteiger charge is -2.21. The van der Waals surface area contributed by atoms with Crippen LogP contribution in [0.2, 0.25) is 0 Å². The molecule has 0 saturated heterocycles. The van der Waals surface area contributed by atoms with Gasteiger partial charge in [0.25, 0.3) is 5.69 Å². The number of thioether (sulfide) groups is 1. The normalized spacial score (nSPS) is 14.7. The Balaban J connectivity index is 3.17. The average Bonchev–Trinajstić information content (AvgIpc) is 2.38. The molecular weight excluding hydrogens is 323 g/mol. The fraction of sp³-hybridized carbons (Fsp3) is 0.455. The SMILES string of the molecule is CSC(CO)C(C)NS(=O)(=O)c1ccc(F)cc1[N+](=O)[O-]. The predicted octanol–water partition coefficient (Wildman–Crippen LogP) is 1.12. The fourth-order valence-electron chi connectivity index (χ4n) is 1.68. The van der Waals surface area contributed by atoms with E-state index < -0.39 is 42.6 Å². The third-order valence-electron chi connectivity index (χ3n) is 2.79. The number of nitrogens with one attached hydrogen (secondary N) is 1. The first kappa shape index (κ1) is 17.8. The van der Waals surface area contributed by atoms with Gasteiger partial charge in [-0.1, -0.05) is 0 Å². The second kappa shape index (κ2) is 7.16. The number of aliphatic hydroxyl groups excluding tert-OH is 1. The van der Waals surface area contributed by atoms with Crippen molar-refractivity contribution in [2.45, 2.75) is 23.1 Å². The molecule has 2 N–H and O–H groups in total. The molecule has 10 heteroatoms. The summed E-state index contributed by atoms with van der Waals surface area (Å²) in [6, 6.07) is 1.58. The summed E-state index contributed by atoms with van der Waals surface area (Å²) >= 11 is 1.26. The van der Waals surface area contributed by atoms with Gasteiger partial charge >= 0.3 is 0 Å². The first-order valence-electron chi connectivity index (χ1n) is 5.83. The van der Waals surface area contributed by atoms with Gasteiger partial charge in [0.05, 0.1) is 17.6 Å². The summed E-state index contributed by atoms with van der Waals surface area (Å²) in [6.07, 6.45) is 1.70. The monoisotopic (exact) mass is 338 g/mol. The van der Waals surface area contributed by atoms with Gasteiger partial charge < -0.3 is 5.11 Å². The molecule has 0 aliphatic heterocycles. The molecule has 21 heavy (non-hydrogen) atoms. The van der Waals surface area contributed by atoms with Crippen molar-refractivity contribution in [3.8, 4) is 0 Å². The Morgan fingerprint density at radius 3 is 2.62 bits per heavy atom. The average molecular weight is 338 g/mol. The zero-order chi connectivity index (χ0) is 16.2. The molecule has 1 aromatic rings. The molecule has 0 amide bonds. The second-order valence-corrected chi connectivity index (χ2v) is 7.00. The molecule has 2 unspecified atom stereocenters. The number of benzene rings is 1. The van der Waals surface area contributed by atoms with Gasteiger partial charge in [-0.05, 0) is 25.3 Å². The van der Waals surface area contributed by atoms with Crippen LogP contribution < -0.4 is 4.72 Å². The molecule has 7 nitrogen and oxygen atoms in total. The molecule has 0 bridgehead atoms. The third kappa shape index (κ3) is 4.37. The lowest BCUT2D eigenvalue weighted by Crippen LogP contribution is -2.41. The first-order chi connectivity index (χ1) is 9.72. The van der Waals surface area contributed by atoms with Gasteiger partial charge in [0.1, 0.15) is 5.82 Å². The minimum Gasteiger partial charge on any atom is -0.395 e. The molecule has 0 radical (unpaired) electrons. The quantitative estimate of drug-likeness (QED) is 0.569. The highest BCUT2D eigenvalue weighted by Crippen LogP contribution is 2.25. The maximum Gasteiger partial charge on any atom is 0.292 e. The second-order valence-electron chi connectivity index (χ2n) is 4.24. The molecule has 0 saturated carbocycles. The van der Waals surface area contributed by atoms with Gasteiger partial charge in [0, 0.05) is 11.3 Å². The molecule has 0 heterocycles. The lowest BCUT2D eigenvalue weighted by molar-refractivity contribution is -0.388. The van der Waals surface area contributed by atoms with Crippen LogP contribution in [0.15, 0.2) is 23.1 Å². The topological polar surface area (TPSA) is 110 Å². The zero-order valence-electron chi connectivity index (χ0n) is 11.3. The largest absolute Gasteiger partial charge is 0.395 e. The van der Waals surface area contributed by atoms with Gasteiger partial charge in [0.2, 0.25) is 10.0 Å². The van der Waals surface area contributed by atoms with E-state index in [4.69, 9.17) is 5.11 Å². The zero-order valence-corrected chi connectivity index (χ0v) is 12.9. The van der Waals surface area contributed by atoms with E-state index in [1.54, 1.807) is 6.26 Å². The Morgan fingerprint density at radius 2 is 2.14 bits per heavy atom. The summed E-state index contributed by atoms with van der Waals surface area (Å²) in [5, 5.41) is 19.6. The van der Waals surface area contributed by atoms with Crippen molar-refractivity contribution in [3.63, 3.8) is 0 Å². The molecule has 0 spiro atoms. The van der Waals surface area contributed by atoms with Crippen LogP contribution in [0.5, 0.6) is 0 Å². The number of hydrogen-bond donors (Lipinski definition) is 2. The van der Waals surface area contributed by atoms with E-state index in [-0.39, 0.29) is 6.61 Å². The Morgan fingerprint density at radius 1 is 1.52 bits per heavy atom. The molecule has 0 aromatic heterocycles. The summed E-state index contributed by atoms with van der Waals surface area (Å²) < 4.78 is 39.7. The van der Waals surface area contributed by atoms with E-state index in [1.807, 2.05) is 0 Å². The van der Waals surface area contributed by atoms with E-state index >= 15 is 0 Å². The number of nitro benzene ring substituents is 1. The van der Waals surface area contributed by atoms with Crippen LogP contribution in [0.25, 0.3) is 0 Å². The molecule has 1 aromatic carbocycles. The smallest absolute Gasteiger partial charge is 0.292 e. The van der Waals surface area contributed by atoms with Gasteiger partial charge in [-0.2, -0.15) is 11.8 Å². The van der Waals surface area contributed by atoms with Crippen LogP contribution in [-0.2, 0) is 10.0 Å².